The molecule has 1 heterocycles. The first-order valence-corrected chi connectivity index (χ1v) is 8.87. The highest BCUT2D eigenvalue weighted by Gasteiger charge is 2.19. The van der Waals surface area contributed by atoms with Crippen molar-refractivity contribution in [3.63, 3.8) is 0 Å². The summed E-state index contributed by atoms with van der Waals surface area (Å²) in [5, 5.41) is 3.49. The molecule has 3 aromatic rings. The molecule has 0 aliphatic heterocycles. The lowest BCUT2D eigenvalue weighted by Gasteiger charge is -2.19. The maximum Gasteiger partial charge on any atom is 0.261 e. The van der Waals surface area contributed by atoms with Gasteiger partial charge in [0.2, 0.25) is 0 Å². The van der Waals surface area contributed by atoms with Crippen LogP contribution in [0.25, 0.3) is 10.9 Å². The smallest absolute Gasteiger partial charge is 0.261 e. The summed E-state index contributed by atoms with van der Waals surface area (Å²) in [7, 11) is 1.59. The Morgan fingerprint density at radius 1 is 1.19 bits per heavy atom. The summed E-state index contributed by atoms with van der Waals surface area (Å²) < 4.78 is 6.71. The van der Waals surface area contributed by atoms with Gasteiger partial charge in [0.05, 0.1) is 30.1 Å². The van der Waals surface area contributed by atoms with Crippen LogP contribution >= 0.6 is 0 Å². The van der Waals surface area contributed by atoms with E-state index in [1.807, 2.05) is 38.1 Å². The van der Waals surface area contributed by atoms with E-state index < -0.39 is 6.04 Å². The minimum absolute atomic E-state index is 0.135. The molecular formula is C21H23N3O3. The van der Waals surface area contributed by atoms with Gasteiger partial charge in [-0.05, 0) is 38.1 Å². The number of benzene rings is 2. The van der Waals surface area contributed by atoms with Gasteiger partial charge in [-0.1, -0.05) is 29.8 Å². The Bertz CT molecular complexity index is 1010. The number of fused-ring (bicyclic) bond motifs is 1. The summed E-state index contributed by atoms with van der Waals surface area (Å²) in [6, 6.07) is 14.1. The Kier molecular flexibility index (Phi) is 5.66. The average Bonchev–Trinajstić information content (AvgIpc) is 2.67. The van der Waals surface area contributed by atoms with E-state index >= 15 is 0 Å². The second kappa shape index (κ2) is 8.14. The lowest BCUT2D eigenvalue weighted by atomic mass is 10.1. The molecule has 0 aliphatic carbocycles. The van der Waals surface area contributed by atoms with E-state index in [4.69, 9.17) is 4.74 Å². The van der Waals surface area contributed by atoms with Crippen LogP contribution in [0.5, 0.6) is 0 Å². The van der Waals surface area contributed by atoms with Gasteiger partial charge in [-0.2, -0.15) is 0 Å². The Balaban J connectivity index is 1.96. The third-order valence-corrected chi connectivity index (χ3v) is 4.46. The molecule has 27 heavy (non-hydrogen) atoms. The van der Waals surface area contributed by atoms with Gasteiger partial charge in [0.1, 0.15) is 5.82 Å². The molecule has 140 valence electrons. The number of nitrogens with one attached hydrogen (secondary N) is 1. The number of aryl methyl sites for hydroxylation is 1. The standard InChI is InChI=1S/C21H23N3O3/c1-14-8-10-16(11-9-14)20(25)22-15(2)19-23-18-7-5-4-6-17(18)21(26)24(19)12-13-27-3/h4-11,15H,12-13H2,1-3H3,(H,22,25)/t15-/m0/s1. The highest BCUT2D eigenvalue weighted by molar-refractivity contribution is 5.94. The zero-order valence-corrected chi connectivity index (χ0v) is 15.7. The lowest BCUT2D eigenvalue weighted by molar-refractivity contribution is 0.0937. The van der Waals surface area contributed by atoms with Gasteiger partial charge < -0.3 is 10.1 Å². The summed E-state index contributed by atoms with van der Waals surface area (Å²) in [5.74, 6) is 0.305. The van der Waals surface area contributed by atoms with E-state index in [2.05, 4.69) is 10.3 Å². The maximum absolute atomic E-state index is 12.9. The normalized spacial score (nSPS) is 12.1. The third-order valence-electron chi connectivity index (χ3n) is 4.46. The number of rotatable bonds is 6. The molecule has 0 aliphatic rings. The van der Waals surface area contributed by atoms with Gasteiger partial charge >= 0.3 is 0 Å². The van der Waals surface area contributed by atoms with Crippen molar-refractivity contribution in [2.75, 3.05) is 13.7 Å². The first kappa shape index (κ1) is 18.8. The van der Waals surface area contributed by atoms with Gasteiger partial charge in [0, 0.05) is 12.7 Å². The summed E-state index contributed by atoms with van der Waals surface area (Å²) in [5.41, 5.74) is 2.13. The molecule has 0 unspecified atom stereocenters. The zero-order valence-electron chi connectivity index (χ0n) is 15.7. The zero-order chi connectivity index (χ0) is 19.4. The number of ether oxygens (including phenoxy) is 1. The van der Waals surface area contributed by atoms with Crippen LogP contribution in [0.4, 0.5) is 0 Å². The largest absolute Gasteiger partial charge is 0.383 e. The van der Waals surface area contributed by atoms with Crippen molar-refractivity contribution in [3.05, 3.63) is 75.8 Å². The molecule has 0 radical (unpaired) electrons. The number of amides is 1. The number of nitrogens with zero attached hydrogens (tertiary/aromatic N) is 2. The van der Waals surface area contributed by atoms with Crippen molar-refractivity contribution in [1.82, 2.24) is 14.9 Å². The van der Waals surface area contributed by atoms with Gasteiger partial charge in [-0.25, -0.2) is 4.98 Å². The summed E-state index contributed by atoms with van der Waals surface area (Å²) in [4.78, 5) is 30.1. The number of carbonyl (C=O) groups is 1. The maximum atomic E-state index is 12.9. The molecule has 0 saturated heterocycles. The summed E-state index contributed by atoms with van der Waals surface area (Å²) in [6.45, 7) is 4.54. The monoisotopic (exact) mass is 365 g/mol. The number of methoxy groups -OCH3 is 1. The van der Waals surface area contributed by atoms with E-state index in [-0.39, 0.29) is 11.5 Å². The molecule has 0 fully saturated rings. The molecule has 1 atom stereocenters. The second-order valence-corrected chi connectivity index (χ2v) is 6.50. The molecule has 0 spiro atoms. The number of para-hydroxylation sites is 1. The van der Waals surface area contributed by atoms with E-state index in [0.29, 0.717) is 35.4 Å². The van der Waals surface area contributed by atoms with E-state index in [9.17, 15) is 9.59 Å². The fourth-order valence-corrected chi connectivity index (χ4v) is 2.96. The minimum Gasteiger partial charge on any atom is -0.383 e. The molecule has 6 nitrogen and oxygen atoms in total. The number of hydrogen-bond donors (Lipinski definition) is 1. The predicted octanol–water partition coefficient (Wildman–Crippen LogP) is 2.84. The Morgan fingerprint density at radius 3 is 2.59 bits per heavy atom. The number of aromatic nitrogens is 2. The van der Waals surface area contributed by atoms with Crippen LogP contribution in [0, 0.1) is 6.92 Å². The molecule has 1 amide bonds. The van der Waals surface area contributed by atoms with Crippen LogP contribution in [-0.4, -0.2) is 29.2 Å². The van der Waals surface area contributed by atoms with Crippen LogP contribution in [-0.2, 0) is 11.3 Å². The Morgan fingerprint density at radius 2 is 1.89 bits per heavy atom. The third kappa shape index (κ3) is 4.06. The van der Waals surface area contributed by atoms with Gasteiger partial charge in [-0.15, -0.1) is 0 Å². The minimum atomic E-state index is -0.437. The first-order valence-electron chi connectivity index (χ1n) is 8.87. The van der Waals surface area contributed by atoms with Crippen molar-refractivity contribution in [2.45, 2.75) is 26.4 Å². The predicted molar refractivity (Wildman–Crippen MR) is 105 cm³/mol. The fourth-order valence-electron chi connectivity index (χ4n) is 2.96. The topological polar surface area (TPSA) is 73.2 Å². The molecule has 2 aromatic carbocycles. The van der Waals surface area contributed by atoms with Crippen LogP contribution in [0.3, 0.4) is 0 Å². The molecule has 0 bridgehead atoms. The fraction of sp³-hybridized carbons (Fsp3) is 0.286. The molecule has 1 N–H and O–H groups in total. The van der Waals surface area contributed by atoms with Crippen molar-refractivity contribution >= 4 is 16.8 Å². The van der Waals surface area contributed by atoms with Crippen LogP contribution < -0.4 is 10.9 Å². The second-order valence-electron chi connectivity index (χ2n) is 6.50. The van der Waals surface area contributed by atoms with Crippen molar-refractivity contribution in [3.8, 4) is 0 Å². The lowest BCUT2D eigenvalue weighted by Crippen LogP contribution is -2.34. The molecular weight excluding hydrogens is 342 g/mol. The molecule has 6 heteroatoms. The van der Waals surface area contributed by atoms with E-state index in [1.165, 1.54) is 0 Å². The number of carbonyl (C=O) groups excluding carboxylic acids is 1. The van der Waals surface area contributed by atoms with Crippen molar-refractivity contribution in [2.24, 2.45) is 0 Å². The summed E-state index contributed by atoms with van der Waals surface area (Å²) >= 11 is 0. The van der Waals surface area contributed by atoms with Gasteiger partial charge in [0.25, 0.3) is 11.5 Å². The van der Waals surface area contributed by atoms with Crippen molar-refractivity contribution in [1.29, 1.82) is 0 Å². The quantitative estimate of drug-likeness (QED) is 0.729. The van der Waals surface area contributed by atoms with Crippen LogP contribution in [0.2, 0.25) is 0 Å². The van der Waals surface area contributed by atoms with Crippen molar-refractivity contribution < 1.29 is 9.53 Å². The highest BCUT2D eigenvalue weighted by Crippen LogP contribution is 2.15. The number of hydrogen-bond acceptors (Lipinski definition) is 4. The van der Waals surface area contributed by atoms with E-state index in [0.717, 1.165) is 5.56 Å². The molecule has 1 aromatic heterocycles. The Hall–Kier alpha value is -2.99. The van der Waals surface area contributed by atoms with Crippen LogP contribution in [0.1, 0.15) is 34.7 Å². The van der Waals surface area contributed by atoms with Gasteiger partial charge in [0.15, 0.2) is 0 Å². The average molecular weight is 365 g/mol. The Labute approximate surface area is 157 Å². The van der Waals surface area contributed by atoms with Gasteiger partial charge in [-0.3, -0.25) is 14.2 Å². The molecule has 0 saturated carbocycles. The van der Waals surface area contributed by atoms with E-state index in [1.54, 1.807) is 35.9 Å². The summed E-state index contributed by atoms with van der Waals surface area (Å²) in [6.07, 6.45) is 0. The van der Waals surface area contributed by atoms with Crippen LogP contribution in [0.15, 0.2) is 53.3 Å². The first-order chi connectivity index (χ1) is 13.0. The molecule has 3 rings (SSSR count). The SMILES string of the molecule is COCCn1c([C@H](C)NC(=O)c2ccc(C)cc2)nc2ccccc2c1=O. The highest BCUT2D eigenvalue weighted by atomic mass is 16.5.